The van der Waals surface area contributed by atoms with E-state index in [2.05, 4.69) is 6.92 Å². The maximum Gasteiger partial charge on any atom is 0.155 e. The third-order valence-electron chi connectivity index (χ3n) is 2.66. The minimum Gasteiger partial charge on any atom is -0.494 e. The molecule has 4 heteroatoms. The van der Waals surface area contributed by atoms with Crippen LogP contribution < -0.4 is 9.47 Å². The molecule has 0 amide bonds. The number of carbonyl (C=O) groups excluding carboxylic acids is 1. The van der Waals surface area contributed by atoms with Gasteiger partial charge in [-0.3, -0.25) is 4.79 Å². The van der Waals surface area contributed by atoms with Crippen LogP contribution in [0.15, 0.2) is 42.5 Å². The summed E-state index contributed by atoms with van der Waals surface area (Å²) in [7, 11) is 0. The standard InChI is InChI=1S/C16H15ClO3/c1-2-10-19-12-6-8-13(9-7-12)20-16-5-3-4-15(17)14(16)11-18/h3-9,11H,2,10H2,1H3. The van der Waals surface area contributed by atoms with Gasteiger partial charge in [0.1, 0.15) is 17.2 Å². The summed E-state index contributed by atoms with van der Waals surface area (Å²) in [6.45, 7) is 2.74. The predicted molar refractivity (Wildman–Crippen MR) is 79.1 cm³/mol. The van der Waals surface area contributed by atoms with Gasteiger partial charge in [0.2, 0.25) is 0 Å². The lowest BCUT2D eigenvalue weighted by atomic mass is 10.2. The van der Waals surface area contributed by atoms with Gasteiger partial charge in [-0.15, -0.1) is 0 Å². The summed E-state index contributed by atoms with van der Waals surface area (Å²) < 4.78 is 11.2. The minimum absolute atomic E-state index is 0.348. The molecule has 2 aromatic rings. The summed E-state index contributed by atoms with van der Waals surface area (Å²) in [6.07, 6.45) is 1.65. The maximum absolute atomic E-state index is 11.0. The van der Waals surface area contributed by atoms with Gasteiger partial charge in [-0.05, 0) is 42.8 Å². The van der Waals surface area contributed by atoms with Gasteiger partial charge in [0.25, 0.3) is 0 Å². The highest BCUT2D eigenvalue weighted by Crippen LogP contribution is 2.29. The van der Waals surface area contributed by atoms with E-state index in [0.29, 0.717) is 35.0 Å². The van der Waals surface area contributed by atoms with Crippen molar-refractivity contribution in [1.82, 2.24) is 0 Å². The van der Waals surface area contributed by atoms with Gasteiger partial charge in [-0.1, -0.05) is 24.6 Å². The van der Waals surface area contributed by atoms with Gasteiger partial charge < -0.3 is 9.47 Å². The molecule has 0 spiro atoms. The first-order chi connectivity index (χ1) is 9.74. The number of hydrogen-bond donors (Lipinski definition) is 0. The van der Waals surface area contributed by atoms with Crippen molar-refractivity contribution < 1.29 is 14.3 Å². The Morgan fingerprint density at radius 1 is 1.10 bits per heavy atom. The highest BCUT2D eigenvalue weighted by atomic mass is 35.5. The summed E-state index contributed by atoms with van der Waals surface area (Å²) >= 11 is 5.95. The molecule has 0 bridgehead atoms. The molecule has 0 aliphatic rings. The van der Waals surface area contributed by atoms with Gasteiger partial charge in [-0.25, -0.2) is 0 Å². The molecule has 0 atom stereocenters. The van der Waals surface area contributed by atoms with Gasteiger partial charge >= 0.3 is 0 Å². The van der Waals surface area contributed by atoms with E-state index in [9.17, 15) is 4.79 Å². The van der Waals surface area contributed by atoms with Gasteiger partial charge in [-0.2, -0.15) is 0 Å². The summed E-state index contributed by atoms with van der Waals surface area (Å²) in [5.74, 6) is 1.86. The van der Waals surface area contributed by atoms with Crippen molar-refractivity contribution in [2.24, 2.45) is 0 Å². The minimum atomic E-state index is 0.348. The molecule has 2 rings (SSSR count). The molecule has 0 unspecified atom stereocenters. The molecular formula is C16H15ClO3. The monoisotopic (exact) mass is 290 g/mol. The second-order valence-corrected chi connectivity index (χ2v) is 4.60. The SMILES string of the molecule is CCCOc1ccc(Oc2cccc(Cl)c2C=O)cc1. The van der Waals surface area contributed by atoms with E-state index in [1.165, 1.54) is 0 Å². The van der Waals surface area contributed by atoms with E-state index in [1.54, 1.807) is 30.3 Å². The zero-order valence-corrected chi connectivity index (χ0v) is 11.9. The Morgan fingerprint density at radius 3 is 2.45 bits per heavy atom. The third-order valence-corrected chi connectivity index (χ3v) is 2.98. The Hall–Kier alpha value is -2.00. The average Bonchev–Trinajstić information content (AvgIpc) is 2.47. The summed E-state index contributed by atoms with van der Waals surface area (Å²) in [6, 6.07) is 12.3. The van der Waals surface area contributed by atoms with Crippen molar-refractivity contribution in [1.29, 1.82) is 0 Å². The number of carbonyl (C=O) groups is 1. The van der Waals surface area contributed by atoms with Crippen molar-refractivity contribution in [3.63, 3.8) is 0 Å². The molecule has 0 fully saturated rings. The second kappa shape index (κ2) is 6.96. The molecule has 0 saturated carbocycles. The molecule has 0 aliphatic heterocycles. The van der Waals surface area contributed by atoms with Crippen molar-refractivity contribution in [3.8, 4) is 17.2 Å². The zero-order valence-electron chi connectivity index (χ0n) is 11.1. The van der Waals surface area contributed by atoms with Crippen LogP contribution in [-0.4, -0.2) is 12.9 Å². The summed E-state index contributed by atoms with van der Waals surface area (Å²) in [5.41, 5.74) is 0.348. The highest BCUT2D eigenvalue weighted by Gasteiger charge is 2.08. The van der Waals surface area contributed by atoms with Crippen LogP contribution >= 0.6 is 11.6 Å². The van der Waals surface area contributed by atoms with E-state index in [-0.39, 0.29) is 0 Å². The Labute approximate surface area is 123 Å². The Bertz CT molecular complexity index is 579. The normalized spacial score (nSPS) is 10.1. The molecule has 0 radical (unpaired) electrons. The fourth-order valence-electron chi connectivity index (χ4n) is 1.67. The van der Waals surface area contributed by atoms with Crippen molar-refractivity contribution in [2.75, 3.05) is 6.61 Å². The molecule has 0 N–H and O–H groups in total. The number of aldehydes is 1. The van der Waals surface area contributed by atoms with Crippen molar-refractivity contribution in [3.05, 3.63) is 53.1 Å². The van der Waals surface area contributed by atoms with E-state index < -0.39 is 0 Å². The Morgan fingerprint density at radius 2 is 1.80 bits per heavy atom. The third kappa shape index (κ3) is 3.52. The first kappa shape index (κ1) is 14.4. The zero-order chi connectivity index (χ0) is 14.4. The van der Waals surface area contributed by atoms with E-state index in [4.69, 9.17) is 21.1 Å². The molecule has 0 aromatic heterocycles. The van der Waals surface area contributed by atoms with Crippen LogP contribution in [0.3, 0.4) is 0 Å². The smallest absolute Gasteiger partial charge is 0.155 e. The quantitative estimate of drug-likeness (QED) is 0.721. The first-order valence-electron chi connectivity index (χ1n) is 6.39. The molecule has 0 aliphatic carbocycles. The fraction of sp³-hybridized carbons (Fsp3) is 0.188. The number of hydrogen-bond acceptors (Lipinski definition) is 3. The molecule has 3 nitrogen and oxygen atoms in total. The summed E-state index contributed by atoms with van der Waals surface area (Å²) in [5, 5.41) is 0.375. The van der Waals surface area contributed by atoms with Crippen LogP contribution in [0.25, 0.3) is 0 Å². The second-order valence-electron chi connectivity index (χ2n) is 4.19. The first-order valence-corrected chi connectivity index (χ1v) is 6.76. The van der Waals surface area contributed by atoms with E-state index >= 15 is 0 Å². The number of benzene rings is 2. The lowest BCUT2D eigenvalue weighted by Crippen LogP contribution is -1.95. The van der Waals surface area contributed by atoms with Crippen LogP contribution in [0.1, 0.15) is 23.7 Å². The van der Waals surface area contributed by atoms with Gasteiger partial charge in [0.05, 0.1) is 17.2 Å². The molecule has 20 heavy (non-hydrogen) atoms. The lowest BCUT2D eigenvalue weighted by molar-refractivity contribution is 0.112. The van der Waals surface area contributed by atoms with E-state index in [0.717, 1.165) is 12.2 Å². The van der Waals surface area contributed by atoms with Gasteiger partial charge in [0.15, 0.2) is 6.29 Å². The Balaban J connectivity index is 2.14. The molecular weight excluding hydrogens is 276 g/mol. The lowest BCUT2D eigenvalue weighted by Gasteiger charge is -2.10. The van der Waals surface area contributed by atoms with Crippen LogP contribution in [0, 0.1) is 0 Å². The highest BCUT2D eigenvalue weighted by molar-refractivity contribution is 6.33. The average molecular weight is 291 g/mol. The van der Waals surface area contributed by atoms with Gasteiger partial charge in [0, 0.05) is 0 Å². The topological polar surface area (TPSA) is 35.5 Å². The van der Waals surface area contributed by atoms with Crippen molar-refractivity contribution >= 4 is 17.9 Å². The van der Waals surface area contributed by atoms with Crippen LogP contribution in [0.4, 0.5) is 0 Å². The van der Waals surface area contributed by atoms with Crippen LogP contribution in [0.5, 0.6) is 17.2 Å². The molecule has 104 valence electrons. The fourth-order valence-corrected chi connectivity index (χ4v) is 1.88. The number of halogens is 1. The van der Waals surface area contributed by atoms with Crippen LogP contribution in [0.2, 0.25) is 5.02 Å². The molecule has 0 heterocycles. The number of ether oxygens (including phenoxy) is 2. The molecule has 2 aromatic carbocycles. The molecule has 0 saturated heterocycles. The Kier molecular flexibility index (Phi) is 5.02. The number of rotatable bonds is 6. The van der Waals surface area contributed by atoms with Crippen molar-refractivity contribution in [2.45, 2.75) is 13.3 Å². The van der Waals surface area contributed by atoms with Crippen LogP contribution in [-0.2, 0) is 0 Å². The summed E-state index contributed by atoms with van der Waals surface area (Å²) in [4.78, 5) is 11.0. The largest absolute Gasteiger partial charge is 0.494 e. The predicted octanol–water partition coefficient (Wildman–Crippen LogP) is 4.73. The maximum atomic E-state index is 11.0. The van der Waals surface area contributed by atoms with E-state index in [1.807, 2.05) is 12.1 Å².